The van der Waals surface area contributed by atoms with Gasteiger partial charge in [-0.3, -0.25) is 24.0 Å². The molecule has 10 heteroatoms. The number of ether oxygens (including phenoxy) is 1. The molecule has 4 rings (SSSR count). The molecule has 0 aliphatic heterocycles. The zero-order valence-electron chi connectivity index (χ0n) is 20.1. The summed E-state index contributed by atoms with van der Waals surface area (Å²) in [5, 5.41) is 33.7. The van der Waals surface area contributed by atoms with Gasteiger partial charge in [0.1, 0.15) is 11.5 Å². The van der Waals surface area contributed by atoms with Crippen molar-refractivity contribution >= 4 is 29.0 Å². The molecule has 2 unspecified atom stereocenters. The summed E-state index contributed by atoms with van der Waals surface area (Å²) >= 11 is 0. The number of hydrogen-bond acceptors (Lipinski definition) is 9. The maximum Gasteiger partial charge on any atom is 0.235 e. The molecule has 0 heterocycles. The number of methoxy groups -OCH3 is 1. The first-order valence-corrected chi connectivity index (χ1v) is 11.4. The van der Waals surface area contributed by atoms with Gasteiger partial charge >= 0.3 is 0 Å². The summed E-state index contributed by atoms with van der Waals surface area (Å²) in [5.41, 5.74) is 2.15. The third kappa shape index (κ3) is 3.12. The SMILES string of the molecule is COc1cc(C(C)(C)C)c(O)c2c1[C@H](C)[C@@H]1C(C2=O)C(=O)[C@]2(O)C(=O)C(C(N)=O)C(=O)C[C@@H]2[C@H]1O. The summed E-state index contributed by atoms with van der Waals surface area (Å²) in [6.07, 6.45) is -2.25. The molecule has 0 saturated heterocycles. The molecule has 35 heavy (non-hydrogen) atoms. The van der Waals surface area contributed by atoms with Gasteiger partial charge in [-0.05, 0) is 17.4 Å². The van der Waals surface area contributed by atoms with Gasteiger partial charge in [-0.1, -0.05) is 27.7 Å². The maximum absolute atomic E-state index is 13.8. The molecule has 0 aromatic heterocycles. The van der Waals surface area contributed by atoms with Crippen LogP contribution in [-0.2, 0) is 24.6 Å². The van der Waals surface area contributed by atoms with E-state index < -0.39 is 82.2 Å². The van der Waals surface area contributed by atoms with Gasteiger partial charge in [0.05, 0.1) is 24.7 Å². The van der Waals surface area contributed by atoms with Crippen molar-refractivity contribution in [2.24, 2.45) is 29.4 Å². The number of aliphatic hydroxyl groups excluding tert-OH is 1. The van der Waals surface area contributed by atoms with Crippen molar-refractivity contribution < 1.29 is 44.0 Å². The topological polar surface area (TPSA) is 181 Å². The molecule has 0 spiro atoms. The van der Waals surface area contributed by atoms with Crippen molar-refractivity contribution in [2.75, 3.05) is 7.11 Å². The predicted octanol–water partition coefficient (Wildman–Crippen LogP) is 0.165. The highest BCUT2D eigenvalue weighted by molar-refractivity contribution is 6.31. The van der Waals surface area contributed by atoms with Crippen LogP contribution in [0.3, 0.4) is 0 Å². The largest absolute Gasteiger partial charge is 0.507 e. The Hall–Kier alpha value is -3.11. The van der Waals surface area contributed by atoms with Crippen LogP contribution >= 0.6 is 0 Å². The van der Waals surface area contributed by atoms with Gasteiger partial charge in [0, 0.05) is 29.4 Å². The summed E-state index contributed by atoms with van der Waals surface area (Å²) in [6.45, 7) is 7.09. The number of aliphatic hydroxyl groups is 2. The summed E-state index contributed by atoms with van der Waals surface area (Å²) < 4.78 is 5.53. The summed E-state index contributed by atoms with van der Waals surface area (Å²) in [5.74, 6) is -12.9. The van der Waals surface area contributed by atoms with Crippen LogP contribution in [0.25, 0.3) is 0 Å². The molecule has 5 N–H and O–H groups in total. The minimum atomic E-state index is -2.94. The van der Waals surface area contributed by atoms with Crippen LogP contribution in [0.4, 0.5) is 0 Å². The van der Waals surface area contributed by atoms with Crippen LogP contribution in [-0.4, -0.2) is 63.2 Å². The Morgan fingerprint density at radius 1 is 1.17 bits per heavy atom. The Labute approximate surface area is 201 Å². The van der Waals surface area contributed by atoms with Gasteiger partial charge < -0.3 is 25.8 Å². The lowest BCUT2D eigenvalue weighted by Crippen LogP contribution is -2.72. The van der Waals surface area contributed by atoms with E-state index in [0.29, 0.717) is 11.1 Å². The number of benzene rings is 1. The van der Waals surface area contributed by atoms with Crippen molar-refractivity contribution in [1.82, 2.24) is 0 Å². The van der Waals surface area contributed by atoms with E-state index in [1.165, 1.54) is 7.11 Å². The van der Waals surface area contributed by atoms with Crippen LogP contribution in [0.15, 0.2) is 6.07 Å². The number of carbonyl (C=O) groups is 5. The number of fused-ring (bicyclic) bond motifs is 3. The minimum absolute atomic E-state index is 0.170. The second-order valence-electron chi connectivity index (χ2n) is 10.8. The van der Waals surface area contributed by atoms with Gasteiger partial charge in [-0.25, -0.2) is 0 Å². The van der Waals surface area contributed by atoms with E-state index >= 15 is 0 Å². The molecule has 3 aliphatic carbocycles. The lowest BCUT2D eigenvalue weighted by molar-refractivity contribution is -0.189. The highest BCUT2D eigenvalue weighted by Crippen LogP contribution is 2.56. The van der Waals surface area contributed by atoms with Gasteiger partial charge in [0.2, 0.25) is 5.91 Å². The normalized spacial score (nSPS) is 34.7. The molecule has 0 radical (unpaired) electrons. The zero-order chi connectivity index (χ0) is 26.4. The van der Waals surface area contributed by atoms with E-state index in [0.717, 1.165) is 0 Å². The Bertz CT molecular complexity index is 1200. The van der Waals surface area contributed by atoms with Gasteiger partial charge in [0.15, 0.2) is 34.7 Å². The average molecular weight is 488 g/mol. The fourth-order valence-corrected chi connectivity index (χ4v) is 6.20. The second-order valence-corrected chi connectivity index (χ2v) is 10.8. The van der Waals surface area contributed by atoms with Crippen LogP contribution in [0.2, 0.25) is 0 Å². The summed E-state index contributed by atoms with van der Waals surface area (Å²) in [6, 6.07) is 1.61. The number of nitrogens with two attached hydrogens (primary N) is 1. The number of ketones is 4. The number of amides is 1. The van der Waals surface area contributed by atoms with E-state index in [1.54, 1.807) is 13.0 Å². The van der Waals surface area contributed by atoms with Gasteiger partial charge in [-0.2, -0.15) is 0 Å². The van der Waals surface area contributed by atoms with Crippen molar-refractivity contribution in [3.8, 4) is 11.5 Å². The fraction of sp³-hybridized carbons (Fsp3) is 0.560. The second kappa shape index (κ2) is 7.69. The molecule has 1 amide bonds. The molecule has 2 saturated carbocycles. The molecule has 1 aromatic carbocycles. The van der Waals surface area contributed by atoms with E-state index in [4.69, 9.17) is 10.5 Å². The lowest BCUT2D eigenvalue weighted by atomic mass is 9.50. The van der Waals surface area contributed by atoms with E-state index in [9.17, 15) is 39.3 Å². The fourth-order valence-electron chi connectivity index (χ4n) is 6.20. The number of aromatic hydroxyl groups is 1. The Morgan fingerprint density at radius 2 is 1.77 bits per heavy atom. The maximum atomic E-state index is 13.8. The number of rotatable bonds is 2. The van der Waals surface area contributed by atoms with Gasteiger partial charge in [0.25, 0.3) is 0 Å². The Morgan fingerprint density at radius 3 is 2.29 bits per heavy atom. The molecule has 2 fully saturated rings. The van der Waals surface area contributed by atoms with E-state index in [2.05, 4.69) is 0 Å². The smallest absolute Gasteiger partial charge is 0.235 e. The van der Waals surface area contributed by atoms with Crippen molar-refractivity contribution in [3.63, 3.8) is 0 Å². The van der Waals surface area contributed by atoms with Crippen LogP contribution < -0.4 is 10.5 Å². The molecule has 188 valence electrons. The highest BCUT2D eigenvalue weighted by Gasteiger charge is 2.70. The minimum Gasteiger partial charge on any atom is -0.507 e. The number of carbonyl (C=O) groups excluding carboxylic acids is 5. The number of phenols is 1. The third-order valence-electron chi connectivity index (χ3n) is 7.94. The monoisotopic (exact) mass is 487 g/mol. The number of Topliss-reactive ketones (excluding diaryl/α,β-unsaturated/α-hetero) is 4. The Balaban J connectivity index is 1.96. The molecule has 7 atom stereocenters. The predicted molar refractivity (Wildman–Crippen MR) is 120 cm³/mol. The Kier molecular flexibility index (Phi) is 5.50. The van der Waals surface area contributed by atoms with Crippen molar-refractivity contribution in [2.45, 2.75) is 57.2 Å². The molecule has 10 nitrogen and oxygen atoms in total. The van der Waals surface area contributed by atoms with Gasteiger partial charge in [-0.15, -0.1) is 0 Å². The van der Waals surface area contributed by atoms with Crippen LogP contribution in [0.5, 0.6) is 11.5 Å². The third-order valence-corrected chi connectivity index (χ3v) is 7.94. The first kappa shape index (κ1) is 25.0. The van der Waals surface area contributed by atoms with Crippen molar-refractivity contribution in [3.05, 3.63) is 22.8 Å². The average Bonchev–Trinajstić information content (AvgIpc) is 2.75. The highest BCUT2D eigenvalue weighted by atomic mass is 16.5. The van der Waals surface area contributed by atoms with E-state index in [-0.39, 0.29) is 17.1 Å². The first-order chi connectivity index (χ1) is 16.1. The molecular weight excluding hydrogens is 458 g/mol. The lowest BCUT2D eigenvalue weighted by Gasteiger charge is -2.53. The molecule has 0 bridgehead atoms. The standard InChI is InChI=1S/C25H29NO9/c1-8-13-12(35-5)7-9(24(2,3)4)18(28)16(13)20(30)17-14(8)19(29)10-6-11(27)15(23(26)33)21(31)25(10,34)22(17)32/h7-8,10,14-15,17,19,28-29,34H,6H2,1-5H3,(H2,26,33)/t8-,10+,14+,15?,17?,19+,25+/m0/s1. The van der Waals surface area contributed by atoms with E-state index in [1.807, 2.05) is 20.8 Å². The quantitative estimate of drug-likeness (QED) is 0.423. The summed E-state index contributed by atoms with van der Waals surface area (Å²) in [7, 11) is 1.39. The molecular formula is C25H29NO9. The van der Waals surface area contributed by atoms with Crippen LogP contribution in [0.1, 0.15) is 61.5 Å². The van der Waals surface area contributed by atoms with Crippen LogP contribution in [0, 0.1) is 23.7 Å². The molecule has 1 aromatic rings. The van der Waals surface area contributed by atoms with Crippen molar-refractivity contribution in [1.29, 1.82) is 0 Å². The number of primary amides is 1. The summed E-state index contributed by atoms with van der Waals surface area (Å²) in [4.78, 5) is 64.8. The first-order valence-electron chi connectivity index (χ1n) is 11.4. The number of phenolic OH excluding ortho intramolecular Hbond substituents is 1. The zero-order valence-corrected chi connectivity index (χ0v) is 20.1. The molecule has 3 aliphatic rings. The number of hydrogen-bond donors (Lipinski definition) is 4.